The van der Waals surface area contributed by atoms with Crippen molar-refractivity contribution >= 4 is 11.8 Å². The third-order valence-electron chi connectivity index (χ3n) is 6.06. The van der Waals surface area contributed by atoms with Crippen molar-refractivity contribution in [1.29, 1.82) is 0 Å². The molecule has 1 aromatic rings. The van der Waals surface area contributed by atoms with E-state index in [0.717, 1.165) is 44.5 Å². The van der Waals surface area contributed by atoms with Gasteiger partial charge in [-0.15, -0.1) is 0 Å². The minimum Gasteiger partial charge on any atom is -0.342 e. The minimum atomic E-state index is -0.284. The highest BCUT2D eigenvalue weighted by Gasteiger charge is 2.54. The van der Waals surface area contributed by atoms with E-state index in [-0.39, 0.29) is 28.9 Å². The van der Waals surface area contributed by atoms with E-state index in [1.165, 1.54) is 5.56 Å². The van der Waals surface area contributed by atoms with E-state index < -0.39 is 0 Å². The standard InChI is InChI=1S/C21H29N3O2/c1-20(2,3)14-17(25)23-12-9-21(10-13-23)22-19(26)18-16-7-5-4-6-15(16)8-11-24(18)21/h4-7,18H,8-14H2,1-3H3,(H,22,26). The molecule has 5 heteroatoms. The van der Waals surface area contributed by atoms with Crippen LogP contribution in [0.15, 0.2) is 24.3 Å². The van der Waals surface area contributed by atoms with Gasteiger partial charge in [0.2, 0.25) is 11.8 Å². The van der Waals surface area contributed by atoms with E-state index in [0.29, 0.717) is 6.42 Å². The summed E-state index contributed by atoms with van der Waals surface area (Å²) in [6.45, 7) is 8.65. The maximum Gasteiger partial charge on any atom is 0.243 e. The van der Waals surface area contributed by atoms with E-state index in [4.69, 9.17) is 0 Å². The Hall–Kier alpha value is -1.88. The second kappa shape index (κ2) is 6.08. The number of hydrogen-bond acceptors (Lipinski definition) is 3. The molecule has 26 heavy (non-hydrogen) atoms. The average molecular weight is 355 g/mol. The molecule has 1 atom stereocenters. The monoisotopic (exact) mass is 355 g/mol. The molecule has 2 fully saturated rings. The van der Waals surface area contributed by atoms with Crippen molar-refractivity contribution in [2.24, 2.45) is 5.41 Å². The zero-order valence-electron chi connectivity index (χ0n) is 16.0. The Balaban J connectivity index is 1.50. The maximum atomic E-state index is 12.8. The third-order valence-corrected chi connectivity index (χ3v) is 6.06. The van der Waals surface area contributed by atoms with Crippen molar-refractivity contribution in [1.82, 2.24) is 15.1 Å². The summed E-state index contributed by atoms with van der Waals surface area (Å²) in [5.74, 6) is 0.351. The van der Waals surface area contributed by atoms with Crippen LogP contribution in [0.4, 0.5) is 0 Å². The molecule has 0 aliphatic carbocycles. The number of benzene rings is 1. The Labute approximate surface area is 155 Å². The van der Waals surface area contributed by atoms with Crippen molar-refractivity contribution in [3.8, 4) is 0 Å². The molecule has 140 valence electrons. The molecule has 1 unspecified atom stereocenters. The highest BCUT2D eigenvalue weighted by atomic mass is 16.2. The molecule has 0 aromatic heterocycles. The number of carbonyl (C=O) groups is 2. The van der Waals surface area contributed by atoms with Gasteiger partial charge in [0.15, 0.2) is 0 Å². The molecule has 2 saturated heterocycles. The van der Waals surface area contributed by atoms with Gasteiger partial charge in [0.25, 0.3) is 0 Å². The molecule has 0 saturated carbocycles. The van der Waals surface area contributed by atoms with Crippen LogP contribution < -0.4 is 5.32 Å². The molecule has 3 heterocycles. The predicted octanol–water partition coefficient (Wildman–Crippen LogP) is 2.47. The van der Waals surface area contributed by atoms with Crippen LogP contribution in [-0.2, 0) is 16.0 Å². The number of nitrogens with one attached hydrogen (secondary N) is 1. The first-order valence-electron chi connectivity index (χ1n) is 9.73. The first-order valence-corrected chi connectivity index (χ1v) is 9.73. The Kier molecular flexibility index (Phi) is 4.10. The molecule has 5 nitrogen and oxygen atoms in total. The summed E-state index contributed by atoms with van der Waals surface area (Å²) in [6, 6.07) is 8.13. The average Bonchev–Trinajstić information content (AvgIpc) is 2.86. The number of hydrogen-bond donors (Lipinski definition) is 1. The van der Waals surface area contributed by atoms with Crippen LogP contribution in [0.3, 0.4) is 0 Å². The van der Waals surface area contributed by atoms with Crippen LogP contribution in [0.1, 0.15) is 57.2 Å². The molecule has 3 aliphatic heterocycles. The summed E-state index contributed by atoms with van der Waals surface area (Å²) in [5, 5.41) is 3.31. The zero-order chi connectivity index (χ0) is 18.5. The number of piperidine rings is 1. The molecule has 4 rings (SSSR count). The lowest BCUT2D eigenvalue weighted by molar-refractivity contribution is -0.136. The van der Waals surface area contributed by atoms with E-state index >= 15 is 0 Å². The summed E-state index contributed by atoms with van der Waals surface area (Å²) in [5.41, 5.74) is 2.17. The molecule has 2 amide bonds. The maximum absolute atomic E-state index is 12.8. The lowest BCUT2D eigenvalue weighted by Gasteiger charge is -2.47. The van der Waals surface area contributed by atoms with Crippen LogP contribution in [0, 0.1) is 5.41 Å². The highest BCUT2D eigenvalue weighted by molar-refractivity contribution is 5.87. The molecule has 3 aliphatic rings. The SMILES string of the molecule is CC(C)(C)CC(=O)N1CCC2(CC1)NC(=O)C1c3ccccc3CCN12. The van der Waals surface area contributed by atoms with Gasteiger partial charge in [0.1, 0.15) is 6.04 Å². The number of likely N-dealkylation sites (tertiary alicyclic amines) is 1. The van der Waals surface area contributed by atoms with Gasteiger partial charge in [0, 0.05) is 38.9 Å². The molecule has 1 spiro atoms. The molecule has 0 bridgehead atoms. The topological polar surface area (TPSA) is 52.7 Å². The van der Waals surface area contributed by atoms with Crippen molar-refractivity contribution in [2.45, 2.75) is 58.2 Å². The number of amides is 2. The fourth-order valence-electron chi connectivity index (χ4n) is 4.78. The van der Waals surface area contributed by atoms with Gasteiger partial charge in [-0.25, -0.2) is 0 Å². The predicted molar refractivity (Wildman–Crippen MR) is 100 cm³/mol. The van der Waals surface area contributed by atoms with Crippen LogP contribution in [0.5, 0.6) is 0 Å². The molecule has 1 aromatic carbocycles. The normalized spacial score (nSPS) is 25.0. The van der Waals surface area contributed by atoms with Crippen molar-refractivity contribution < 1.29 is 9.59 Å². The van der Waals surface area contributed by atoms with Gasteiger partial charge in [-0.3, -0.25) is 14.5 Å². The second-order valence-corrected chi connectivity index (χ2v) is 9.18. The number of fused-ring (bicyclic) bond motifs is 4. The van der Waals surface area contributed by atoms with Crippen LogP contribution in [0.2, 0.25) is 0 Å². The van der Waals surface area contributed by atoms with Gasteiger partial charge in [0.05, 0.1) is 5.66 Å². The Morgan fingerprint density at radius 2 is 1.88 bits per heavy atom. The Morgan fingerprint density at radius 3 is 2.58 bits per heavy atom. The van der Waals surface area contributed by atoms with Gasteiger partial charge in [-0.1, -0.05) is 45.0 Å². The van der Waals surface area contributed by atoms with E-state index in [1.54, 1.807) is 0 Å². The minimum absolute atomic E-state index is 0.00939. The van der Waals surface area contributed by atoms with Crippen molar-refractivity contribution in [3.05, 3.63) is 35.4 Å². The second-order valence-electron chi connectivity index (χ2n) is 9.18. The van der Waals surface area contributed by atoms with Gasteiger partial charge in [-0.05, 0) is 23.0 Å². The smallest absolute Gasteiger partial charge is 0.243 e. The van der Waals surface area contributed by atoms with E-state index in [9.17, 15) is 9.59 Å². The Bertz CT molecular complexity index is 729. The molecular formula is C21H29N3O2. The van der Waals surface area contributed by atoms with Gasteiger partial charge >= 0.3 is 0 Å². The summed E-state index contributed by atoms with van der Waals surface area (Å²) in [7, 11) is 0. The Morgan fingerprint density at radius 1 is 1.19 bits per heavy atom. The van der Waals surface area contributed by atoms with Crippen LogP contribution in [0.25, 0.3) is 0 Å². The van der Waals surface area contributed by atoms with E-state index in [1.807, 2.05) is 11.0 Å². The van der Waals surface area contributed by atoms with Crippen LogP contribution in [-0.4, -0.2) is 46.9 Å². The summed E-state index contributed by atoms with van der Waals surface area (Å²) < 4.78 is 0. The molecule has 1 N–H and O–H groups in total. The van der Waals surface area contributed by atoms with Gasteiger partial charge in [-0.2, -0.15) is 0 Å². The zero-order valence-corrected chi connectivity index (χ0v) is 16.0. The van der Waals surface area contributed by atoms with Crippen LogP contribution >= 0.6 is 0 Å². The highest BCUT2D eigenvalue weighted by Crippen LogP contribution is 2.43. The van der Waals surface area contributed by atoms with Crippen molar-refractivity contribution in [2.75, 3.05) is 19.6 Å². The molecule has 0 radical (unpaired) electrons. The fourth-order valence-corrected chi connectivity index (χ4v) is 4.78. The first kappa shape index (κ1) is 17.5. The third kappa shape index (κ3) is 2.92. The summed E-state index contributed by atoms with van der Waals surface area (Å²) >= 11 is 0. The number of rotatable bonds is 1. The molecular weight excluding hydrogens is 326 g/mol. The largest absolute Gasteiger partial charge is 0.342 e. The van der Waals surface area contributed by atoms with Crippen molar-refractivity contribution in [3.63, 3.8) is 0 Å². The van der Waals surface area contributed by atoms with E-state index in [2.05, 4.69) is 49.2 Å². The number of nitrogens with zero attached hydrogens (tertiary/aromatic N) is 2. The lowest BCUT2D eigenvalue weighted by atomic mass is 9.88. The lowest BCUT2D eigenvalue weighted by Crippen LogP contribution is -2.60. The first-order chi connectivity index (χ1) is 12.3. The quantitative estimate of drug-likeness (QED) is 0.842. The van der Waals surface area contributed by atoms with Gasteiger partial charge < -0.3 is 10.2 Å². The summed E-state index contributed by atoms with van der Waals surface area (Å²) in [4.78, 5) is 29.7. The fraction of sp³-hybridized carbons (Fsp3) is 0.619. The number of carbonyl (C=O) groups excluding carboxylic acids is 2. The summed E-state index contributed by atoms with van der Waals surface area (Å²) in [6.07, 6.45) is 3.18.